The first-order chi connectivity index (χ1) is 13.8. The number of carbonyl (C=O) groups excluding carboxylic acids is 2. The van der Waals surface area contributed by atoms with E-state index in [1.165, 1.54) is 22.5 Å². The van der Waals surface area contributed by atoms with Gasteiger partial charge in [-0.25, -0.2) is 8.42 Å². The van der Waals surface area contributed by atoms with E-state index in [9.17, 15) is 18.0 Å². The molecule has 4 rings (SSSR count). The molecule has 1 saturated heterocycles. The SMILES string of the molecule is O=C1COc2ccc(S(=O)(=O)N3CCC[C@@H]3C(=O)Nc3cccc(Cl)c3)cc2N1. The molecule has 0 spiro atoms. The van der Waals surface area contributed by atoms with Crippen LogP contribution in [0.2, 0.25) is 5.02 Å². The minimum Gasteiger partial charge on any atom is -0.482 e. The number of rotatable bonds is 4. The molecule has 2 heterocycles. The van der Waals surface area contributed by atoms with E-state index >= 15 is 0 Å². The van der Waals surface area contributed by atoms with Gasteiger partial charge in [0.15, 0.2) is 6.61 Å². The lowest BCUT2D eigenvalue weighted by molar-refractivity contribution is -0.119. The van der Waals surface area contributed by atoms with Gasteiger partial charge in [-0.05, 0) is 49.2 Å². The Morgan fingerprint density at radius 3 is 2.86 bits per heavy atom. The molecule has 0 bridgehead atoms. The molecule has 1 atom stereocenters. The molecule has 0 aliphatic carbocycles. The summed E-state index contributed by atoms with van der Waals surface area (Å²) in [6.45, 7) is 0.118. The predicted molar refractivity (Wildman–Crippen MR) is 108 cm³/mol. The van der Waals surface area contributed by atoms with Crippen molar-refractivity contribution in [2.75, 3.05) is 23.8 Å². The van der Waals surface area contributed by atoms with E-state index in [4.69, 9.17) is 16.3 Å². The van der Waals surface area contributed by atoms with Crippen molar-refractivity contribution in [2.24, 2.45) is 0 Å². The summed E-state index contributed by atoms with van der Waals surface area (Å²) < 4.78 is 32.9. The van der Waals surface area contributed by atoms with Crippen molar-refractivity contribution in [2.45, 2.75) is 23.8 Å². The van der Waals surface area contributed by atoms with Crippen LogP contribution in [0.25, 0.3) is 0 Å². The molecule has 2 aliphatic heterocycles. The van der Waals surface area contributed by atoms with Crippen LogP contribution in [0.1, 0.15) is 12.8 Å². The lowest BCUT2D eigenvalue weighted by Crippen LogP contribution is -2.43. The molecule has 2 N–H and O–H groups in total. The highest BCUT2D eigenvalue weighted by Gasteiger charge is 2.40. The van der Waals surface area contributed by atoms with Crippen LogP contribution in [-0.2, 0) is 19.6 Å². The molecule has 1 fully saturated rings. The van der Waals surface area contributed by atoms with Crippen molar-refractivity contribution in [3.05, 3.63) is 47.5 Å². The summed E-state index contributed by atoms with van der Waals surface area (Å²) >= 11 is 5.94. The lowest BCUT2D eigenvalue weighted by Gasteiger charge is -2.24. The molecule has 0 radical (unpaired) electrons. The summed E-state index contributed by atoms with van der Waals surface area (Å²) in [6, 6.07) is 10.1. The zero-order chi connectivity index (χ0) is 20.6. The Hall–Kier alpha value is -2.62. The molecular weight excluding hydrogens is 418 g/mol. The summed E-state index contributed by atoms with van der Waals surface area (Å²) in [7, 11) is -3.94. The first-order valence-corrected chi connectivity index (χ1v) is 10.8. The van der Waals surface area contributed by atoms with Crippen LogP contribution in [0.4, 0.5) is 11.4 Å². The van der Waals surface area contributed by atoms with Gasteiger partial charge >= 0.3 is 0 Å². The molecule has 0 saturated carbocycles. The average molecular weight is 436 g/mol. The van der Waals surface area contributed by atoms with Gasteiger partial charge in [0.1, 0.15) is 11.8 Å². The van der Waals surface area contributed by atoms with Gasteiger partial charge in [0, 0.05) is 17.3 Å². The number of anilines is 2. The van der Waals surface area contributed by atoms with E-state index in [-0.39, 0.29) is 24.0 Å². The van der Waals surface area contributed by atoms with Crippen LogP contribution in [0.15, 0.2) is 47.4 Å². The van der Waals surface area contributed by atoms with Crippen LogP contribution < -0.4 is 15.4 Å². The van der Waals surface area contributed by atoms with Gasteiger partial charge in [-0.15, -0.1) is 0 Å². The molecule has 152 valence electrons. The fourth-order valence-corrected chi connectivity index (χ4v) is 5.31. The normalized spacial score (nSPS) is 19.2. The summed E-state index contributed by atoms with van der Waals surface area (Å²) in [4.78, 5) is 24.3. The fourth-order valence-electron chi connectivity index (χ4n) is 3.44. The van der Waals surface area contributed by atoms with Gasteiger partial charge in [-0.3, -0.25) is 9.59 Å². The fraction of sp³-hybridized carbons (Fsp3) is 0.263. The van der Waals surface area contributed by atoms with E-state index < -0.39 is 22.0 Å². The van der Waals surface area contributed by atoms with Crippen LogP contribution in [0.3, 0.4) is 0 Å². The largest absolute Gasteiger partial charge is 0.482 e. The molecule has 29 heavy (non-hydrogen) atoms. The second kappa shape index (κ2) is 7.66. The molecule has 10 heteroatoms. The lowest BCUT2D eigenvalue weighted by atomic mass is 10.2. The Labute approximate surface area is 172 Å². The number of hydrogen-bond donors (Lipinski definition) is 2. The Morgan fingerprint density at radius 2 is 2.07 bits per heavy atom. The number of ether oxygens (including phenoxy) is 1. The number of carbonyl (C=O) groups is 2. The Balaban J connectivity index is 1.58. The van der Waals surface area contributed by atoms with Gasteiger partial charge in [-0.1, -0.05) is 17.7 Å². The minimum absolute atomic E-state index is 0.00972. The van der Waals surface area contributed by atoms with E-state index in [0.717, 1.165) is 0 Å². The summed E-state index contributed by atoms with van der Waals surface area (Å²) in [5.41, 5.74) is 0.793. The Bertz CT molecular complexity index is 1090. The number of hydrogen-bond acceptors (Lipinski definition) is 5. The number of nitrogens with one attached hydrogen (secondary N) is 2. The summed E-state index contributed by atoms with van der Waals surface area (Å²) in [6.07, 6.45) is 0.980. The van der Waals surface area contributed by atoms with Gasteiger partial charge in [0.05, 0.1) is 10.6 Å². The molecule has 2 aliphatic rings. The van der Waals surface area contributed by atoms with Gasteiger partial charge in [0.2, 0.25) is 15.9 Å². The topological polar surface area (TPSA) is 105 Å². The summed E-state index contributed by atoms with van der Waals surface area (Å²) in [5, 5.41) is 5.79. The van der Waals surface area contributed by atoms with Crippen molar-refractivity contribution in [3.8, 4) is 5.75 Å². The van der Waals surface area contributed by atoms with Gasteiger partial charge < -0.3 is 15.4 Å². The van der Waals surface area contributed by atoms with Crippen molar-refractivity contribution in [3.63, 3.8) is 0 Å². The quantitative estimate of drug-likeness (QED) is 0.767. The number of fused-ring (bicyclic) bond motifs is 1. The third kappa shape index (κ3) is 3.93. The molecule has 2 aromatic rings. The molecular formula is C19H18ClN3O5S. The molecule has 2 aromatic carbocycles. The second-order valence-electron chi connectivity index (χ2n) is 6.77. The summed E-state index contributed by atoms with van der Waals surface area (Å²) in [5.74, 6) is -0.366. The van der Waals surface area contributed by atoms with Gasteiger partial charge in [0.25, 0.3) is 5.91 Å². The first kappa shape index (κ1) is 19.7. The number of amides is 2. The highest BCUT2D eigenvalue weighted by molar-refractivity contribution is 7.89. The van der Waals surface area contributed by atoms with E-state index in [2.05, 4.69) is 10.6 Å². The zero-order valence-corrected chi connectivity index (χ0v) is 16.8. The van der Waals surface area contributed by atoms with Crippen molar-refractivity contribution < 1.29 is 22.7 Å². The third-order valence-corrected chi connectivity index (χ3v) is 6.93. The molecule has 0 aromatic heterocycles. The monoisotopic (exact) mass is 435 g/mol. The van der Waals surface area contributed by atoms with E-state index in [1.54, 1.807) is 24.3 Å². The van der Waals surface area contributed by atoms with Crippen molar-refractivity contribution in [1.82, 2.24) is 4.31 Å². The van der Waals surface area contributed by atoms with Crippen LogP contribution in [0.5, 0.6) is 5.75 Å². The van der Waals surface area contributed by atoms with Crippen molar-refractivity contribution in [1.29, 1.82) is 0 Å². The smallest absolute Gasteiger partial charge is 0.262 e. The van der Waals surface area contributed by atoms with E-state index in [0.29, 0.717) is 35.0 Å². The molecule has 0 unspecified atom stereocenters. The van der Waals surface area contributed by atoms with Crippen LogP contribution in [-0.4, -0.2) is 43.7 Å². The Morgan fingerprint density at radius 1 is 1.24 bits per heavy atom. The Kier molecular flexibility index (Phi) is 5.20. The molecule has 8 nitrogen and oxygen atoms in total. The number of benzene rings is 2. The van der Waals surface area contributed by atoms with E-state index in [1.807, 2.05) is 0 Å². The predicted octanol–water partition coefficient (Wildman–Crippen LogP) is 2.46. The average Bonchev–Trinajstić information content (AvgIpc) is 3.18. The second-order valence-corrected chi connectivity index (χ2v) is 9.10. The van der Waals surface area contributed by atoms with Crippen LogP contribution >= 0.6 is 11.6 Å². The highest BCUT2D eigenvalue weighted by Crippen LogP contribution is 2.33. The zero-order valence-electron chi connectivity index (χ0n) is 15.2. The first-order valence-electron chi connectivity index (χ1n) is 8.99. The number of halogens is 1. The molecule has 2 amide bonds. The minimum atomic E-state index is -3.94. The maximum Gasteiger partial charge on any atom is 0.262 e. The highest BCUT2D eigenvalue weighted by atomic mass is 35.5. The van der Waals surface area contributed by atoms with Gasteiger partial charge in [-0.2, -0.15) is 4.31 Å². The standard InChI is InChI=1S/C19H18ClN3O5S/c20-12-3-1-4-13(9-12)21-19(25)16-5-2-8-23(16)29(26,27)14-6-7-17-15(10-14)22-18(24)11-28-17/h1,3-4,6-7,9-10,16H,2,5,8,11H2,(H,21,25)(H,22,24)/t16-/m1/s1. The maximum atomic E-state index is 13.2. The van der Waals surface area contributed by atoms with Crippen LogP contribution in [0, 0.1) is 0 Å². The maximum absolute atomic E-state index is 13.2. The van der Waals surface area contributed by atoms with Crippen molar-refractivity contribution >= 4 is 44.8 Å². The number of nitrogens with zero attached hydrogens (tertiary/aromatic N) is 1. The number of sulfonamides is 1. The third-order valence-electron chi connectivity index (χ3n) is 4.79.